The van der Waals surface area contributed by atoms with E-state index in [1.54, 1.807) is 32.0 Å². The largest absolute Gasteiger partial charge is 0.423 e. The Bertz CT molecular complexity index is 401. The average molecular weight is 212 g/mol. The summed E-state index contributed by atoms with van der Waals surface area (Å²) in [7, 11) is 0. The van der Waals surface area contributed by atoms with Gasteiger partial charge in [0.25, 0.3) is 0 Å². The van der Waals surface area contributed by atoms with Crippen molar-refractivity contribution in [3.05, 3.63) is 23.2 Å². The van der Waals surface area contributed by atoms with E-state index in [9.17, 15) is 4.79 Å². The third-order valence-corrected chi connectivity index (χ3v) is 2.34. The van der Waals surface area contributed by atoms with Crippen molar-refractivity contribution < 1.29 is 9.53 Å². The summed E-state index contributed by atoms with van der Waals surface area (Å²) < 4.78 is 5.14. The Labute approximate surface area is 87.0 Å². The molecule has 1 N–H and O–H groups in total. The molecule has 1 aliphatic rings. The number of benzene rings is 1. The lowest BCUT2D eigenvalue weighted by Crippen LogP contribution is -2.46. The van der Waals surface area contributed by atoms with E-state index < -0.39 is 5.54 Å². The van der Waals surface area contributed by atoms with E-state index in [-0.39, 0.29) is 5.97 Å². The minimum atomic E-state index is -0.680. The smallest absolute Gasteiger partial charge is 0.336 e. The second-order valence-corrected chi connectivity index (χ2v) is 4.22. The second kappa shape index (κ2) is 2.89. The zero-order valence-electron chi connectivity index (χ0n) is 7.93. The lowest BCUT2D eigenvalue weighted by Gasteiger charge is -2.31. The number of esters is 1. The van der Waals surface area contributed by atoms with E-state index in [0.29, 0.717) is 10.8 Å². The minimum Gasteiger partial charge on any atom is -0.423 e. The van der Waals surface area contributed by atoms with Crippen LogP contribution in [0.2, 0.25) is 5.02 Å². The Kier molecular flexibility index (Phi) is 1.93. The predicted molar refractivity (Wildman–Crippen MR) is 54.8 cm³/mol. The van der Waals surface area contributed by atoms with Crippen LogP contribution in [-0.2, 0) is 4.79 Å². The van der Waals surface area contributed by atoms with Crippen molar-refractivity contribution in [3.63, 3.8) is 0 Å². The summed E-state index contributed by atoms with van der Waals surface area (Å²) in [5.74, 6) is 0.189. The molecule has 0 saturated carbocycles. The molecule has 1 heterocycles. The molecule has 1 aromatic rings. The van der Waals surface area contributed by atoms with Crippen molar-refractivity contribution in [2.75, 3.05) is 5.32 Å². The van der Waals surface area contributed by atoms with Gasteiger partial charge in [0.05, 0.1) is 5.69 Å². The van der Waals surface area contributed by atoms with E-state index in [1.807, 2.05) is 0 Å². The number of fused-ring (bicyclic) bond motifs is 1. The maximum Gasteiger partial charge on any atom is 0.336 e. The third-order valence-electron chi connectivity index (χ3n) is 2.10. The maximum absolute atomic E-state index is 11.5. The zero-order valence-corrected chi connectivity index (χ0v) is 8.68. The fourth-order valence-electron chi connectivity index (χ4n) is 1.30. The monoisotopic (exact) mass is 211 g/mol. The first-order valence-corrected chi connectivity index (χ1v) is 4.67. The first-order chi connectivity index (χ1) is 6.49. The van der Waals surface area contributed by atoms with E-state index >= 15 is 0 Å². The highest BCUT2D eigenvalue weighted by Gasteiger charge is 2.35. The van der Waals surface area contributed by atoms with Gasteiger partial charge in [-0.25, -0.2) is 4.79 Å². The van der Waals surface area contributed by atoms with E-state index in [0.717, 1.165) is 5.69 Å². The predicted octanol–water partition coefficient (Wildman–Crippen LogP) is 2.45. The maximum atomic E-state index is 11.5. The highest BCUT2D eigenvalue weighted by Crippen LogP contribution is 2.34. The molecule has 0 radical (unpaired) electrons. The van der Waals surface area contributed by atoms with E-state index in [4.69, 9.17) is 16.3 Å². The summed E-state index contributed by atoms with van der Waals surface area (Å²) in [5, 5.41) is 3.63. The first-order valence-electron chi connectivity index (χ1n) is 4.29. The molecule has 1 aromatic carbocycles. The van der Waals surface area contributed by atoms with Gasteiger partial charge in [0.15, 0.2) is 5.75 Å². The number of hydrogen-bond acceptors (Lipinski definition) is 3. The van der Waals surface area contributed by atoms with Crippen LogP contribution >= 0.6 is 11.6 Å². The van der Waals surface area contributed by atoms with Crippen LogP contribution in [0.1, 0.15) is 13.8 Å². The van der Waals surface area contributed by atoms with Crippen LogP contribution in [0.4, 0.5) is 5.69 Å². The highest BCUT2D eigenvalue weighted by molar-refractivity contribution is 6.30. The van der Waals surface area contributed by atoms with Crippen LogP contribution < -0.4 is 10.1 Å². The van der Waals surface area contributed by atoms with Crippen LogP contribution in [0.5, 0.6) is 5.75 Å². The Balaban J connectivity index is 2.46. The fraction of sp³-hybridized carbons (Fsp3) is 0.300. The summed E-state index contributed by atoms with van der Waals surface area (Å²) in [4.78, 5) is 11.5. The van der Waals surface area contributed by atoms with Gasteiger partial charge >= 0.3 is 5.97 Å². The van der Waals surface area contributed by atoms with Crippen molar-refractivity contribution in [2.45, 2.75) is 19.4 Å². The summed E-state index contributed by atoms with van der Waals surface area (Å²) >= 11 is 5.78. The molecule has 0 aliphatic carbocycles. The van der Waals surface area contributed by atoms with Gasteiger partial charge in [-0.3, -0.25) is 0 Å². The van der Waals surface area contributed by atoms with Crippen LogP contribution in [0.3, 0.4) is 0 Å². The summed E-state index contributed by atoms with van der Waals surface area (Å²) in [5.41, 5.74) is 0.111. The van der Waals surface area contributed by atoms with Crippen LogP contribution in [-0.4, -0.2) is 11.5 Å². The Morgan fingerprint density at radius 2 is 2.14 bits per heavy atom. The van der Waals surface area contributed by atoms with Crippen molar-refractivity contribution >= 4 is 23.3 Å². The molecule has 4 heteroatoms. The van der Waals surface area contributed by atoms with Gasteiger partial charge in [-0.1, -0.05) is 11.6 Å². The number of rotatable bonds is 0. The third kappa shape index (κ3) is 1.44. The standard InChI is InChI=1S/C10H10ClNO2/c1-10(2)9(13)14-8-5-6(11)3-4-7(8)12-10/h3-5,12H,1-2H3. The molecule has 0 atom stereocenters. The minimum absolute atomic E-state index is 0.299. The molecule has 0 aromatic heterocycles. The number of carbonyl (C=O) groups excluding carboxylic acids is 1. The molecule has 0 unspecified atom stereocenters. The van der Waals surface area contributed by atoms with Crippen molar-refractivity contribution in [1.82, 2.24) is 0 Å². The van der Waals surface area contributed by atoms with Crippen molar-refractivity contribution in [3.8, 4) is 5.75 Å². The van der Waals surface area contributed by atoms with Crippen LogP contribution in [0.15, 0.2) is 18.2 Å². The molecule has 0 fully saturated rings. The Hall–Kier alpha value is -1.22. The molecule has 14 heavy (non-hydrogen) atoms. The zero-order chi connectivity index (χ0) is 10.3. The average Bonchev–Trinajstić information content (AvgIpc) is 2.08. The number of carbonyl (C=O) groups is 1. The number of nitrogens with one attached hydrogen (secondary N) is 1. The molecule has 0 amide bonds. The van der Waals surface area contributed by atoms with Crippen LogP contribution in [0.25, 0.3) is 0 Å². The summed E-state index contributed by atoms with van der Waals surface area (Å²) in [6.45, 7) is 3.54. The van der Waals surface area contributed by atoms with Gasteiger partial charge in [0.1, 0.15) is 5.54 Å². The van der Waals surface area contributed by atoms with Gasteiger partial charge in [-0.15, -0.1) is 0 Å². The normalized spacial score (nSPS) is 18.1. The van der Waals surface area contributed by atoms with Gasteiger partial charge < -0.3 is 10.1 Å². The van der Waals surface area contributed by atoms with E-state index in [2.05, 4.69) is 5.32 Å². The molecule has 74 valence electrons. The van der Waals surface area contributed by atoms with E-state index in [1.165, 1.54) is 0 Å². The molecule has 0 bridgehead atoms. The molecular formula is C10H10ClNO2. The van der Waals surface area contributed by atoms with Crippen molar-refractivity contribution in [2.24, 2.45) is 0 Å². The number of hydrogen-bond donors (Lipinski definition) is 1. The first kappa shape index (κ1) is 9.34. The number of anilines is 1. The highest BCUT2D eigenvalue weighted by atomic mass is 35.5. The lowest BCUT2D eigenvalue weighted by molar-refractivity contribution is -0.139. The Morgan fingerprint density at radius 1 is 1.43 bits per heavy atom. The fourth-order valence-corrected chi connectivity index (χ4v) is 1.46. The van der Waals surface area contributed by atoms with Gasteiger partial charge in [-0.2, -0.15) is 0 Å². The molecule has 0 spiro atoms. The van der Waals surface area contributed by atoms with Gasteiger partial charge in [-0.05, 0) is 26.0 Å². The summed E-state index contributed by atoms with van der Waals surface area (Å²) in [6, 6.07) is 5.17. The number of halogens is 1. The van der Waals surface area contributed by atoms with Gasteiger partial charge in [0.2, 0.25) is 0 Å². The lowest BCUT2D eigenvalue weighted by atomic mass is 10.0. The topological polar surface area (TPSA) is 38.3 Å². The van der Waals surface area contributed by atoms with Gasteiger partial charge in [0, 0.05) is 11.1 Å². The van der Waals surface area contributed by atoms with Crippen LogP contribution in [0, 0.1) is 0 Å². The molecule has 0 saturated heterocycles. The number of ether oxygens (including phenoxy) is 1. The molecule has 1 aliphatic heterocycles. The second-order valence-electron chi connectivity index (χ2n) is 3.78. The molecule has 2 rings (SSSR count). The SMILES string of the molecule is CC1(C)Nc2ccc(Cl)cc2OC1=O. The van der Waals surface area contributed by atoms with Crippen molar-refractivity contribution in [1.29, 1.82) is 0 Å². The molecule has 3 nitrogen and oxygen atoms in total. The summed E-state index contributed by atoms with van der Waals surface area (Å²) in [6.07, 6.45) is 0. The Morgan fingerprint density at radius 3 is 2.86 bits per heavy atom. The molecular weight excluding hydrogens is 202 g/mol. The quantitative estimate of drug-likeness (QED) is 0.529.